The number of ether oxygens (including phenoxy) is 2. The molecule has 146 valence electrons. The minimum atomic E-state index is -0.218. The molecular weight excluding hydrogens is 342 g/mol. The Bertz CT molecular complexity index is 741. The van der Waals surface area contributed by atoms with E-state index in [0.717, 1.165) is 36.9 Å². The van der Waals surface area contributed by atoms with Crippen molar-refractivity contribution in [3.63, 3.8) is 0 Å². The van der Waals surface area contributed by atoms with Crippen molar-refractivity contribution in [2.24, 2.45) is 4.99 Å². The number of hydrogen-bond donors (Lipinski definition) is 2. The number of fused-ring (bicyclic) bond motifs is 1. The third kappa shape index (κ3) is 5.50. The molecule has 0 fully saturated rings. The van der Waals surface area contributed by atoms with Gasteiger partial charge in [0.2, 0.25) is 0 Å². The first-order valence-corrected chi connectivity index (χ1v) is 9.43. The topological polar surface area (TPSA) is 68.0 Å². The number of benzene rings is 1. The third-order valence-corrected chi connectivity index (χ3v) is 4.49. The molecule has 0 amide bonds. The van der Waals surface area contributed by atoms with Crippen molar-refractivity contribution in [3.05, 3.63) is 54.0 Å². The van der Waals surface area contributed by atoms with E-state index in [-0.39, 0.29) is 11.6 Å². The van der Waals surface area contributed by atoms with Gasteiger partial charge in [-0.15, -0.1) is 0 Å². The molecule has 1 aromatic heterocycles. The summed E-state index contributed by atoms with van der Waals surface area (Å²) in [5.41, 5.74) is 0.950. The zero-order chi connectivity index (χ0) is 19.1. The van der Waals surface area contributed by atoms with Crippen LogP contribution < -0.4 is 15.4 Å². The average molecular weight is 371 g/mol. The Labute approximate surface area is 161 Å². The van der Waals surface area contributed by atoms with Crippen molar-refractivity contribution >= 4 is 5.96 Å². The van der Waals surface area contributed by atoms with Crippen molar-refractivity contribution < 1.29 is 13.9 Å². The minimum absolute atomic E-state index is 0.159. The van der Waals surface area contributed by atoms with Gasteiger partial charge in [0.25, 0.3) is 0 Å². The van der Waals surface area contributed by atoms with Gasteiger partial charge in [0, 0.05) is 32.2 Å². The largest absolute Gasteiger partial charge is 0.487 e. The second-order valence-corrected chi connectivity index (χ2v) is 7.29. The molecule has 0 bridgehead atoms. The second-order valence-electron chi connectivity index (χ2n) is 7.29. The molecule has 0 spiro atoms. The summed E-state index contributed by atoms with van der Waals surface area (Å²) in [4.78, 5) is 4.36. The molecule has 1 aromatic carbocycles. The van der Waals surface area contributed by atoms with E-state index < -0.39 is 0 Å². The first kappa shape index (κ1) is 19.3. The fourth-order valence-corrected chi connectivity index (χ4v) is 3.24. The van der Waals surface area contributed by atoms with Gasteiger partial charge in [-0.2, -0.15) is 0 Å². The van der Waals surface area contributed by atoms with E-state index in [9.17, 15) is 0 Å². The number of nitrogens with zero attached hydrogens (tertiary/aromatic N) is 1. The van der Waals surface area contributed by atoms with Gasteiger partial charge in [0.1, 0.15) is 23.7 Å². The fraction of sp³-hybridized carbons (Fsp3) is 0.476. The molecule has 2 heterocycles. The number of aliphatic imine (C=N–C) groups is 1. The number of hydrogen-bond acceptors (Lipinski definition) is 4. The van der Waals surface area contributed by atoms with E-state index in [1.54, 1.807) is 13.3 Å². The van der Waals surface area contributed by atoms with Crippen LogP contribution in [0.5, 0.6) is 5.75 Å². The highest BCUT2D eigenvalue weighted by Crippen LogP contribution is 2.39. The summed E-state index contributed by atoms with van der Waals surface area (Å²) in [6.45, 7) is 6.19. The van der Waals surface area contributed by atoms with Gasteiger partial charge >= 0.3 is 0 Å². The van der Waals surface area contributed by atoms with Crippen molar-refractivity contribution in [2.45, 2.75) is 44.9 Å². The lowest BCUT2D eigenvalue weighted by Gasteiger charge is -2.38. The molecule has 0 aliphatic carbocycles. The number of guanidine groups is 1. The van der Waals surface area contributed by atoms with Crippen LogP contribution >= 0.6 is 0 Å². The first-order valence-electron chi connectivity index (χ1n) is 9.43. The van der Waals surface area contributed by atoms with E-state index >= 15 is 0 Å². The lowest BCUT2D eigenvalue weighted by atomic mass is 9.90. The SMILES string of the molecule is CN=C(NCCCOCc1ccco1)NC1CC(C)(C)Oc2ccccc21. The van der Waals surface area contributed by atoms with Crippen LogP contribution in [0.15, 0.2) is 52.1 Å². The second kappa shape index (κ2) is 8.95. The number of furan rings is 1. The van der Waals surface area contributed by atoms with Gasteiger partial charge in [-0.3, -0.25) is 4.99 Å². The highest BCUT2D eigenvalue weighted by molar-refractivity contribution is 5.80. The first-order chi connectivity index (χ1) is 13.1. The van der Waals surface area contributed by atoms with E-state index in [4.69, 9.17) is 13.9 Å². The van der Waals surface area contributed by atoms with Crippen molar-refractivity contribution in [3.8, 4) is 5.75 Å². The van der Waals surface area contributed by atoms with Crippen LogP contribution in [0.2, 0.25) is 0 Å². The summed E-state index contributed by atoms with van der Waals surface area (Å²) in [6.07, 6.45) is 3.42. The molecule has 2 aromatic rings. The Balaban J connectivity index is 1.46. The van der Waals surface area contributed by atoms with Crippen LogP contribution in [-0.2, 0) is 11.3 Å². The zero-order valence-corrected chi connectivity index (χ0v) is 16.3. The molecular formula is C21H29N3O3. The molecule has 6 nitrogen and oxygen atoms in total. The minimum Gasteiger partial charge on any atom is -0.487 e. The maximum absolute atomic E-state index is 6.10. The van der Waals surface area contributed by atoms with Crippen molar-refractivity contribution in [2.75, 3.05) is 20.2 Å². The zero-order valence-electron chi connectivity index (χ0n) is 16.3. The monoisotopic (exact) mass is 371 g/mol. The van der Waals surface area contributed by atoms with Gasteiger partial charge in [-0.1, -0.05) is 18.2 Å². The molecule has 1 unspecified atom stereocenters. The molecule has 6 heteroatoms. The third-order valence-electron chi connectivity index (χ3n) is 4.49. The smallest absolute Gasteiger partial charge is 0.191 e. The lowest BCUT2D eigenvalue weighted by molar-refractivity contribution is 0.0694. The van der Waals surface area contributed by atoms with Crippen LogP contribution in [0.25, 0.3) is 0 Å². The summed E-state index contributed by atoms with van der Waals surface area (Å²) < 4.78 is 16.9. The van der Waals surface area contributed by atoms with Crippen LogP contribution in [0, 0.1) is 0 Å². The van der Waals surface area contributed by atoms with Gasteiger partial charge in [0.05, 0.1) is 12.3 Å². The molecule has 2 N–H and O–H groups in total. The molecule has 1 atom stereocenters. The van der Waals surface area contributed by atoms with Crippen LogP contribution in [0.1, 0.15) is 44.1 Å². The Hall–Kier alpha value is -2.47. The van der Waals surface area contributed by atoms with Gasteiger partial charge in [-0.25, -0.2) is 0 Å². The molecule has 1 aliphatic heterocycles. The molecule has 27 heavy (non-hydrogen) atoms. The molecule has 0 saturated carbocycles. The average Bonchev–Trinajstić information content (AvgIpc) is 3.16. The highest BCUT2D eigenvalue weighted by Gasteiger charge is 2.33. The normalized spacial score (nSPS) is 18.5. The van der Waals surface area contributed by atoms with Crippen LogP contribution in [-0.4, -0.2) is 31.8 Å². The maximum Gasteiger partial charge on any atom is 0.191 e. The molecule has 3 rings (SSSR count). The summed E-state index contributed by atoms with van der Waals surface area (Å²) in [5, 5.41) is 6.90. The Kier molecular flexibility index (Phi) is 6.40. The number of para-hydroxylation sites is 1. The van der Waals surface area contributed by atoms with E-state index in [1.807, 2.05) is 30.3 Å². The predicted molar refractivity (Wildman–Crippen MR) is 106 cm³/mol. The lowest BCUT2D eigenvalue weighted by Crippen LogP contribution is -2.45. The van der Waals surface area contributed by atoms with Gasteiger partial charge in [0.15, 0.2) is 5.96 Å². The quantitative estimate of drug-likeness (QED) is 0.442. The number of nitrogens with one attached hydrogen (secondary N) is 2. The molecule has 1 aliphatic rings. The molecule has 0 saturated heterocycles. The predicted octanol–water partition coefficient (Wildman–Crippen LogP) is 3.65. The Morgan fingerprint density at radius 3 is 2.89 bits per heavy atom. The van der Waals surface area contributed by atoms with Crippen molar-refractivity contribution in [1.29, 1.82) is 0 Å². The standard InChI is InChI=1S/C21H29N3O3/c1-21(2)14-18(17-9-4-5-10-19(17)27-21)24-20(22-3)23-11-7-12-25-15-16-8-6-13-26-16/h4-6,8-10,13,18H,7,11-12,14-15H2,1-3H3,(H2,22,23,24). The summed E-state index contributed by atoms with van der Waals surface area (Å²) in [6, 6.07) is 12.1. The van der Waals surface area contributed by atoms with E-state index in [0.29, 0.717) is 13.2 Å². The maximum atomic E-state index is 6.10. The summed E-state index contributed by atoms with van der Waals surface area (Å²) in [5.74, 6) is 2.58. The van der Waals surface area contributed by atoms with E-state index in [2.05, 4.69) is 35.5 Å². The van der Waals surface area contributed by atoms with Gasteiger partial charge in [-0.05, 0) is 38.5 Å². The van der Waals surface area contributed by atoms with Crippen LogP contribution in [0.3, 0.4) is 0 Å². The Morgan fingerprint density at radius 2 is 2.11 bits per heavy atom. The summed E-state index contributed by atoms with van der Waals surface area (Å²) in [7, 11) is 1.79. The highest BCUT2D eigenvalue weighted by atomic mass is 16.5. The Morgan fingerprint density at radius 1 is 1.26 bits per heavy atom. The van der Waals surface area contributed by atoms with Gasteiger partial charge < -0.3 is 24.5 Å². The summed E-state index contributed by atoms with van der Waals surface area (Å²) >= 11 is 0. The number of rotatable bonds is 7. The molecule has 0 radical (unpaired) electrons. The van der Waals surface area contributed by atoms with Crippen molar-refractivity contribution in [1.82, 2.24) is 10.6 Å². The van der Waals surface area contributed by atoms with Crippen LogP contribution in [0.4, 0.5) is 0 Å². The van der Waals surface area contributed by atoms with E-state index in [1.165, 1.54) is 5.56 Å². The fourth-order valence-electron chi connectivity index (χ4n) is 3.24.